The van der Waals surface area contributed by atoms with Crippen LogP contribution in [0.3, 0.4) is 0 Å². The summed E-state index contributed by atoms with van der Waals surface area (Å²) in [5.74, 6) is 0. The minimum atomic E-state index is -0.573. The van der Waals surface area contributed by atoms with Gasteiger partial charge in [-0.3, -0.25) is 4.98 Å². The molecule has 0 aromatic carbocycles. The molecule has 12 heavy (non-hydrogen) atoms. The summed E-state index contributed by atoms with van der Waals surface area (Å²) in [6.45, 7) is 3.47. The number of aryl methyl sites for hydroxylation is 1. The van der Waals surface area contributed by atoms with Crippen LogP contribution >= 0.6 is 0 Å². The average molecular weight is 162 g/mol. The first-order chi connectivity index (χ1) is 5.65. The zero-order valence-corrected chi connectivity index (χ0v) is 7.07. The number of aliphatic hydroxyl groups is 1. The largest absolute Gasteiger partial charge is 0.387 e. The Morgan fingerprint density at radius 2 is 2.33 bits per heavy atom. The SMILES string of the molecule is Cc1cc(C(C)O)ncc1C#N. The molecule has 1 aromatic rings. The lowest BCUT2D eigenvalue weighted by molar-refractivity contribution is 0.194. The van der Waals surface area contributed by atoms with E-state index in [1.165, 1.54) is 6.20 Å². The van der Waals surface area contributed by atoms with E-state index in [-0.39, 0.29) is 0 Å². The highest BCUT2D eigenvalue weighted by atomic mass is 16.3. The lowest BCUT2D eigenvalue weighted by atomic mass is 10.1. The quantitative estimate of drug-likeness (QED) is 0.677. The molecule has 0 radical (unpaired) electrons. The van der Waals surface area contributed by atoms with Gasteiger partial charge in [-0.2, -0.15) is 5.26 Å². The molecule has 0 fully saturated rings. The average Bonchev–Trinajstić information content (AvgIpc) is 2.04. The van der Waals surface area contributed by atoms with Crippen molar-refractivity contribution in [1.82, 2.24) is 4.98 Å². The van der Waals surface area contributed by atoms with Gasteiger partial charge in [-0.05, 0) is 25.5 Å². The molecule has 1 aromatic heterocycles. The van der Waals surface area contributed by atoms with Crippen LogP contribution in [0.15, 0.2) is 12.3 Å². The van der Waals surface area contributed by atoms with Gasteiger partial charge in [-0.15, -0.1) is 0 Å². The van der Waals surface area contributed by atoms with E-state index in [0.717, 1.165) is 5.56 Å². The van der Waals surface area contributed by atoms with Crippen LogP contribution in [0, 0.1) is 18.3 Å². The Labute approximate surface area is 71.3 Å². The molecule has 0 spiro atoms. The van der Waals surface area contributed by atoms with E-state index in [4.69, 9.17) is 10.4 Å². The van der Waals surface area contributed by atoms with Gasteiger partial charge in [0.25, 0.3) is 0 Å². The third-order valence-electron chi connectivity index (χ3n) is 1.68. The molecule has 1 heterocycles. The highest BCUT2D eigenvalue weighted by Crippen LogP contribution is 2.12. The molecule has 3 heteroatoms. The summed E-state index contributed by atoms with van der Waals surface area (Å²) in [5, 5.41) is 17.8. The number of aliphatic hydroxyl groups excluding tert-OH is 1. The molecule has 0 saturated carbocycles. The fraction of sp³-hybridized carbons (Fsp3) is 0.333. The van der Waals surface area contributed by atoms with E-state index >= 15 is 0 Å². The summed E-state index contributed by atoms with van der Waals surface area (Å²) in [6, 6.07) is 3.74. The maximum absolute atomic E-state index is 9.17. The van der Waals surface area contributed by atoms with E-state index in [0.29, 0.717) is 11.3 Å². The summed E-state index contributed by atoms with van der Waals surface area (Å²) in [5.41, 5.74) is 2.01. The lowest BCUT2D eigenvalue weighted by Gasteiger charge is -2.04. The van der Waals surface area contributed by atoms with Crippen molar-refractivity contribution in [2.45, 2.75) is 20.0 Å². The van der Waals surface area contributed by atoms with Crippen molar-refractivity contribution < 1.29 is 5.11 Å². The van der Waals surface area contributed by atoms with Crippen molar-refractivity contribution in [2.75, 3.05) is 0 Å². The normalized spacial score (nSPS) is 12.2. The third-order valence-corrected chi connectivity index (χ3v) is 1.68. The van der Waals surface area contributed by atoms with Gasteiger partial charge in [0.1, 0.15) is 6.07 Å². The van der Waals surface area contributed by atoms with Gasteiger partial charge in [0.15, 0.2) is 0 Å². The molecule has 0 bridgehead atoms. The fourth-order valence-corrected chi connectivity index (χ4v) is 0.923. The summed E-state index contributed by atoms with van der Waals surface area (Å²) >= 11 is 0. The van der Waals surface area contributed by atoms with Gasteiger partial charge in [0.05, 0.1) is 17.4 Å². The third kappa shape index (κ3) is 1.60. The molecule has 0 aliphatic heterocycles. The Kier molecular flexibility index (Phi) is 2.41. The van der Waals surface area contributed by atoms with Crippen LogP contribution in [0.4, 0.5) is 0 Å². The van der Waals surface area contributed by atoms with E-state index in [1.807, 2.05) is 13.0 Å². The number of hydrogen-bond acceptors (Lipinski definition) is 3. The van der Waals surface area contributed by atoms with E-state index in [1.54, 1.807) is 13.0 Å². The summed E-state index contributed by atoms with van der Waals surface area (Å²) in [7, 11) is 0. The Hall–Kier alpha value is -1.40. The maximum atomic E-state index is 9.17. The molecule has 0 saturated heterocycles. The Bertz CT molecular complexity index is 326. The molecule has 1 unspecified atom stereocenters. The van der Waals surface area contributed by atoms with Gasteiger partial charge < -0.3 is 5.11 Å². The number of nitriles is 1. The van der Waals surface area contributed by atoms with Crippen LogP contribution in [0.1, 0.15) is 29.8 Å². The van der Waals surface area contributed by atoms with Gasteiger partial charge in [0, 0.05) is 6.20 Å². The van der Waals surface area contributed by atoms with Gasteiger partial charge >= 0.3 is 0 Å². The standard InChI is InChI=1S/C9H10N2O/c1-6-3-9(7(2)12)11-5-8(6)4-10/h3,5,7,12H,1-2H3. The topological polar surface area (TPSA) is 56.9 Å². The zero-order chi connectivity index (χ0) is 9.14. The smallest absolute Gasteiger partial charge is 0.101 e. The van der Waals surface area contributed by atoms with Crippen molar-refractivity contribution in [3.05, 3.63) is 29.1 Å². The molecular formula is C9H10N2O. The molecule has 1 rings (SSSR count). The van der Waals surface area contributed by atoms with Crippen molar-refractivity contribution in [3.8, 4) is 6.07 Å². The first kappa shape index (κ1) is 8.69. The number of hydrogen-bond donors (Lipinski definition) is 1. The Morgan fingerprint density at radius 3 is 2.75 bits per heavy atom. The Morgan fingerprint density at radius 1 is 1.67 bits per heavy atom. The number of aromatic nitrogens is 1. The van der Waals surface area contributed by atoms with Crippen LogP contribution < -0.4 is 0 Å². The summed E-state index contributed by atoms with van der Waals surface area (Å²) < 4.78 is 0. The van der Waals surface area contributed by atoms with Crippen LogP contribution in [-0.4, -0.2) is 10.1 Å². The fourth-order valence-electron chi connectivity index (χ4n) is 0.923. The van der Waals surface area contributed by atoms with Crippen molar-refractivity contribution >= 4 is 0 Å². The van der Waals surface area contributed by atoms with E-state index in [9.17, 15) is 0 Å². The molecular weight excluding hydrogens is 152 g/mol. The van der Waals surface area contributed by atoms with Gasteiger partial charge in [-0.1, -0.05) is 0 Å². The molecule has 1 N–H and O–H groups in total. The molecule has 3 nitrogen and oxygen atoms in total. The molecule has 0 amide bonds. The monoisotopic (exact) mass is 162 g/mol. The van der Waals surface area contributed by atoms with Crippen molar-refractivity contribution in [1.29, 1.82) is 5.26 Å². The molecule has 0 aliphatic carbocycles. The number of pyridine rings is 1. The maximum Gasteiger partial charge on any atom is 0.101 e. The predicted octanol–water partition coefficient (Wildman–Crippen LogP) is 1.31. The zero-order valence-electron chi connectivity index (χ0n) is 7.07. The highest BCUT2D eigenvalue weighted by Gasteiger charge is 2.04. The lowest BCUT2D eigenvalue weighted by Crippen LogP contribution is -1.97. The van der Waals surface area contributed by atoms with Crippen molar-refractivity contribution in [3.63, 3.8) is 0 Å². The number of rotatable bonds is 1. The summed E-state index contributed by atoms with van der Waals surface area (Å²) in [6.07, 6.45) is 0.911. The van der Waals surface area contributed by atoms with Crippen LogP contribution in [0.25, 0.3) is 0 Å². The van der Waals surface area contributed by atoms with Crippen LogP contribution in [0.2, 0.25) is 0 Å². The van der Waals surface area contributed by atoms with Crippen LogP contribution in [-0.2, 0) is 0 Å². The van der Waals surface area contributed by atoms with E-state index in [2.05, 4.69) is 4.98 Å². The summed E-state index contributed by atoms with van der Waals surface area (Å²) in [4.78, 5) is 3.94. The first-order valence-electron chi connectivity index (χ1n) is 3.70. The minimum Gasteiger partial charge on any atom is -0.387 e. The Balaban J connectivity index is 3.12. The molecule has 62 valence electrons. The number of nitrogens with zero attached hydrogens (tertiary/aromatic N) is 2. The van der Waals surface area contributed by atoms with Crippen LogP contribution in [0.5, 0.6) is 0 Å². The second-order valence-corrected chi connectivity index (χ2v) is 2.71. The predicted molar refractivity (Wildman–Crippen MR) is 44.3 cm³/mol. The minimum absolute atomic E-state index is 0.555. The van der Waals surface area contributed by atoms with Crippen molar-refractivity contribution in [2.24, 2.45) is 0 Å². The van der Waals surface area contributed by atoms with Gasteiger partial charge in [0.2, 0.25) is 0 Å². The highest BCUT2D eigenvalue weighted by molar-refractivity contribution is 5.35. The van der Waals surface area contributed by atoms with E-state index < -0.39 is 6.10 Å². The van der Waals surface area contributed by atoms with Gasteiger partial charge in [-0.25, -0.2) is 0 Å². The first-order valence-corrected chi connectivity index (χ1v) is 3.70. The second-order valence-electron chi connectivity index (χ2n) is 2.71. The second kappa shape index (κ2) is 3.33. The molecule has 0 aliphatic rings. The molecule has 1 atom stereocenters.